The molecule has 3 nitrogen and oxygen atoms in total. The summed E-state index contributed by atoms with van der Waals surface area (Å²) in [6.45, 7) is 8.79. The van der Waals surface area contributed by atoms with E-state index in [4.69, 9.17) is 0 Å². The van der Waals surface area contributed by atoms with Gasteiger partial charge in [-0.2, -0.15) is 0 Å². The summed E-state index contributed by atoms with van der Waals surface area (Å²) in [7, 11) is 1.93. The minimum atomic E-state index is -0.284. The Kier molecular flexibility index (Phi) is 6.95. The molecule has 0 saturated carbocycles. The van der Waals surface area contributed by atoms with Gasteiger partial charge >= 0.3 is 0 Å². The summed E-state index contributed by atoms with van der Waals surface area (Å²) in [5.74, 6) is -0.284. The standard InChI is InChI=1S/C15H26FN3/c1-5-9-19(12(2)3)10-8-14(17-4)15-7-6-13(16)11-18-15/h6-7,11-12,14,17H,5,8-10H2,1-4H3. The first-order valence-electron chi connectivity index (χ1n) is 7.11. The van der Waals surface area contributed by atoms with Crippen molar-refractivity contribution in [3.05, 3.63) is 29.8 Å². The monoisotopic (exact) mass is 267 g/mol. The lowest BCUT2D eigenvalue weighted by Crippen LogP contribution is -2.34. The fourth-order valence-electron chi connectivity index (χ4n) is 2.24. The Morgan fingerprint density at radius 1 is 1.32 bits per heavy atom. The Bertz CT molecular complexity index is 351. The second kappa shape index (κ2) is 8.23. The zero-order chi connectivity index (χ0) is 14.3. The van der Waals surface area contributed by atoms with E-state index in [1.54, 1.807) is 6.07 Å². The van der Waals surface area contributed by atoms with Crippen molar-refractivity contribution in [3.63, 3.8) is 0 Å². The van der Waals surface area contributed by atoms with Crippen LogP contribution < -0.4 is 5.32 Å². The van der Waals surface area contributed by atoms with Gasteiger partial charge in [-0.15, -0.1) is 0 Å². The third-order valence-electron chi connectivity index (χ3n) is 3.40. The van der Waals surface area contributed by atoms with E-state index in [2.05, 4.69) is 36.0 Å². The fourth-order valence-corrected chi connectivity index (χ4v) is 2.24. The van der Waals surface area contributed by atoms with Crippen molar-refractivity contribution in [1.29, 1.82) is 0 Å². The lowest BCUT2D eigenvalue weighted by Gasteiger charge is -2.28. The van der Waals surface area contributed by atoms with Gasteiger partial charge in [0.25, 0.3) is 0 Å². The number of hydrogen-bond acceptors (Lipinski definition) is 3. The highest BCUT2D eigenvalue weighted by atomic mass is 19.1. The first-order valence-corrected chi connectivity index (χ1v) is 7.11. The predicted octanol–water partition coefficient (Wildman–Crippen LogP) is 2.99. The molecule has 108 valence electrons. The highest BCUT2D eigenvalue weighted by molar-refractivity contribution is 5.09. The van der Waals surface area contributed by atoms with Gasteiger partial charge < -0.3 is 10.2 Å². The molecular formula is C15H26FN3. The average molecular weight is 267 g/mol. The summed E-state index contributed by atoms with van der Waals surface area (Å²) in [5, 5.41) is 3.26. The second-order valence-electron chi connectivity index (χ2n) is 5.16. The van der Waals surface area contributed by atoms with Gasteiger partial charge in [0, 0.05) is 12.6 Å². The van der Waals surface area contributed by atoms with Gasteiger partial charge in [-0.3, -0.25) is 4.98 Å². The summed E-state index contributed by atoms with van der Waals surface area (Å²) >= 11 is 0. The summed E-state index contributed by atoms with van der Waals surface area (Å²) in [6.07, 6.45) is 3.43. The van der Waals surface area contributed by atoms with E-state index in [9.17, 15) is 4.39 Å². The normalized spacial score (nSPS) is 13.2. The number of aromatic nitrogens is 1. The molecule has 1 N–H and O–H groups in total. The van der Waals surface area contributed by atoms with E-state index in [-0.39, 0.29) is 11.9 Å². The van der Waals surface area contributed by atoms with Gasteiger partial charge in [0.2, 0.25) is 0 Å². The molecule has 1 unspecified atom stereocenters. The summed E-state index contributed by atoms with van der Waals surface area (Å²) < 4.78 is 12.9. The Labute approximate surface area is 116 Å². The quantitative estimate of drug-likeness (QED) is 0.785. The van der Waals surface area contributed by atoms with Gasteiger partial charge in [-0.25, -0.2) is 4.39 Å². The van der Waals surface area contributed by atoms with Gasteiger partial charge in [-0.05, 0) is 52.4 Å². The minimum Gasteiger partial charge on any atom is -0.312 e. The van der Waals surface area contributed by atoms with Crippen molar-refractivity contribution in [2.75, 3.05) is 20.1 Å². The van der Waals surface area contributed by atoms with Gasteiger partial charge in [-0.1, -0.05) is 6.92 Å². The zero-order valence-corrected chi connectivity index (χ0v) is 12.5. The summed E-state index contributed by atoms with van der Waals surface area (Å²) in [6, 6.07) is 3.96. The third-order valence-corrected chi connectivity index (χ3v) is 3.40. The van der Waals surface area contributed by atoms with Crippen LogP contribution >= 0.6 is 0 Å². The molecule has 0 aliphatic carbocycles. The molecule has 0 aliphatic heterocycles. The topological polar surface area (TPSA) is 28.2 Å². The number of nitrogens with zero attached hydrogens (tertiary/aromatic N) is 2. The SMILES string of the molecule is CCCN(CCC(NC)c1ccc(F)cn1)C(C)C. The van der Waals surface area contributed by atoms with E-state index in [0.717, 1.165) is 31.6 Å². The Hall–Kier alpha value is -1.00. The van der Waals surface area contributed by atoms with E-state index >= 15 is 0 Å². The van der Waals surface area contributed by atoms with Gasteiger partial charge in [0.05, 0.1) is 17.9 Å². The maximum atomic E-state index is 12.9. The van der Waals surface area contributed by atoms with Crippen LogP contribution in [0.25, 0.3) is 0 Å². The van der Waals surface area contributed by atoms with Gasteiger partial charge in [0.1, 0.15) is 5.82 Å². The highest BCUT2D eigenvalue weighted by Gasteiger charge is 2.14. The van der Waals surface area contributed by atoms with E-state index in [1.807, 2.05) is 7.05 Å². The highest BCUT2D eigenvalue weighted by Crippen LogP contribution is 2.15. The maximum absolute atomic E-state index is 12.9. The molecule has 19 heavy (non-hydrogen) atoms. The van der Waals surface area contributed by atoms with Gasteiger partial charge in [0.15, 0.2) is 0 Å². The predicted molar refractivity (Wildman–Crippen MR) is 77.6 cm³/mol. The van der Waals surface area contributed by atoms with Crippen molar-refractivity contribution in [3.8, 4) is 0 Å². The molecule has 0 radical (unpaired) electrons. The Morgan fingerprint density at radius 2 is 2.05 bits per heavy atom. The number of nitrogens with one attached hydrogen (secondary N) is 1. The van der Waals surface area contributed by atoms with Crippen LogP contribution in [0.2, 0.25) is 0 Å². The maximum Gasteiger partial charge on any atom is 0.141 e. The molecule has 0 aliphatic rings. The van der Waals surface area contributed by atoms with E-state index < -0.39 is 0 Å². The van der Waals surface area contributed by atoms with Crippen molar-refractivity contribution in [1.82, 2.24) is 15.2 Å². The fraction of sp³-hybridized carbons (Fsp3) is 0.667. The summed E-state index contributed by atoms with van der Waals surface area (Å²) in [4.78, 5) is 6.63. The minimum absolute atomic E-state index is 0.179. The molecule has 4 heteroatoms. The molecule has 1 atom stereocenters. The van der Waals surface area contributed by atoms with E-state index in [0.29, 0.717) is 6.04 Å². The Balaban J connectivity index is 2.59. The van der Waals surface area contributed by atoms with Crippen LogP contribution in [0.15, 0.2) is 18.3 Å². The third kappa shape index (κ3) is 5.25. The molecule has 0 saturated heterocycles. The average Bonchev–Trinajstić information content (AvgIpc) is 2.39. The number of halogens is 1. The van der Waals surface area contributed by atoms with Crippen LogP contribution in [0.3, 0.4) is 0 Å². The van der Waals surface area contributed by atoms with Crippen molar-refractivity contribution < 1.29 is 4.39 Å². The van der Waals surface area contributed by atoms with Crippen LogP contribution in [0, 0.1) is 5.82 Å². The molecule has 0 fully saturated rings. The lowest BCUT2D eigenvalue weighted by molar-refractivity contribution is 0.210. The van der Waals surface area contributed by atoms with Crippen molar-refractivity contribution in [2.24, 2.45) is 0 Å². The molecule has 0 amide bonds. The van der Waals surface area contributed by atoms with Crippen molar-refractivity contribution >= 4 is 0 Å². The first-order chi connectivity index (χ1) is 9.08. The van der Waals surface area contributed by atoms with Crippen LogP contribution in [-0.4, -0.2) is 36.1 Å². The summed E-state index contributed by atoms with van der Waals surface area (Å²) in [5.41, 5.74) is 0.907. The first kappa shape index (κ1) is 16.1. The van der Waals surface area contributed by atoms with Crippen LogP contribution in [-0.2, 0) is 0 Å². The van der Waals surface area contributed by atoms with Crippen LogP contribution in [0.5, 0.6) is 0 Å². The van der Waals surface area contributed by atoms with E-state index in [1.165, 1.54) is 12.3 Å². The Morgan fingerprint density at radius 3 is 2.53 bits per heavy atom. The van der Waals surface area contributed by atoms with Crippen LogP contribution in [0.1, 0.15) is 45.3 Å². The number of pyridine rings is 1. The molecule has 1 aromatic heterocycles. The largest absolute Gasteiger partial charge is 0.312 e. The number of hydrogen-bond donors (Lipinski definition) is 1. The zero-order valence-electron chi connectivity index (χ0n) is 12.5. The van der Waals surface area contributed by atoms with Crippen LogP contribution in [0.4, 0.5) is 4.39 Å². The number of rotatable bonds is 8. The lowest BCUT2D eigenvalue weighted by atomic mass is 10.1. The molecule has 1 rings (SSSR count). The molecule has 0 aromatic carbocycles. The van der Waals surface area contributed by atoms with Crippen molar-refractivity contribution in [2.45, 2.75) is 45.7 Å². The molecular weight excluding hydrogens is 241 g/mol. The molecule has 0 spiro atoms. The molecule has 1 heterocycles. The second-order valence-corrected chi connectivity index (χ2v) is 5.16. The molecule has 0 bridgehead atoms. The smallest absolute Gasteiger partial charge is 0.141 e. The molecule has 1 aromatic rings.